The predicted molar refractivity (Wildman–Crippen MR) is 139 cm³/mol. The molecule has 0 unspecified atom stereocenters. The Morgan fingerprint density at radius 3 is 2.50 bits per heavy atom. The van der Waals surface area contributed by atoms with Crippen LogP contribution in [0.3, 0.4) is 0 Å². The summed E-state index contributed by atoms with van der Waals surface area (Å²) in [6, 6.07) is 12.8. The molecule has 3 rings (SSSR count). The van der Waals surface area contributed by atoms with Gasteiger partial charge in [0.2, 0.25) is 5.91 Å². The molecule has 1 heterocycles. The molecule has 0 radical (unpaired) electrons. The van der Waals surface area contributed by atoms with Crippen molar-refractivity contribution < 1.29 is 14.3 Å². The average molecular weight is 486 g/mol. The van der Waals surface area contributed by atoms with E-state index in [0.29, 0.717) is 29.4 Å². The first kappa shape index (κ1) is 26.0. The van der Waals surface area contributed by atoms with Gasteiger partial charge in [0, 0.05) is 51.1 Å². The SMILES string of the molecule is CCC(CC)C(=O)N(Cc1cc(NC(=O)c2ccccc2Cl)ccc1N(C)C)C[C@@H]1CCCO1. The topological polar surface area (TPSA) is 61.9 Å². The summed E-state index contributed by atoms with van der Waals surface area (Å²) in [5, 5.41) is 3.36. The van der Waals surface area contributed by atoms with Crippen LogP contribution in [-0.2, 0) is 16.1 Å². The molecule has 0 saturated carbocycles. The van der Waals surface area contributed by atoms with Gasteiger partial charge in [-0.1, -0.05) is 37.6 Å². The summed E-state index contributed by atoms with van der Waals surface area (Å²) >= 11 is 6.20. The van der Waals surface area contributed by atoms with Crippen LogP contribution in [0.2, 0.25) is 5.02 Å². The molecular weight excluding hydrogens is 450 g/mol. The number of amides is 2. The summed E-state index contributed by atoms with van der Waals surface area (Å²) in [6.45, 7) is 5.92. The minimum Gasteiger partial charge on any atom is -0.377 e. The molecule has 2 amide bonds. The fraction of sp³-hybridized carbons (Fsp3) is 0.481. The van der Waals surface area contributed by atoms with Gasteiger partial charge >= 0.3 is 0 Å². The highest BCUT2D eigenvalue weighted by Gasteiger charge is 2.27. The lowest BCUT2D eigenvalue weighted by atomic mass is 10.0. The molecule has 1 atom stereocenters. The number of ether oxygens (including phenoxy) is 1. The van der Waals surface area contributed by atoms with Crippen molar-refractivity contribution in [1.82, 2.24) is 4.90 Å². The zero-order valence-corrected chi connectivity index (χ0v) is 21.4. The molecule has 6 nitrogen and oxygen atoms in total. The number of hydrogen-bond donors (Lipinski definition) is 1. The lowest BCUT2D eigenvalue weighted by Gasteiger charge is -2.30. The van der Waals surface area contributed by atoms with Crippen molar-refractivity contribution in [3.63, 3.8) is 0 Å². The third kappa shape index (κ3) is 6.51. The maximum atomic E-state index is 13.4. The molecule has 1 fully saturated rings. The smallest absolute Gasteiger partial charge is 0.257 e. The van der Waals surface area contributed by atoms with Crippen LogP contribution in [0.1, 0.15) is 55.5 Å². The van der Waals surface area contributed by atoms with E-state index in [1.165, 1.54) is 0 Å². The zero-order valence-electron chi connectivity index (χ0n) is 20.6. The first-order valence-corrected chi connectivity index (χ1v) is 12.5. The van der Waals surface area contributed by atoms with Gasteiger partial charge in [0.25, 0.3) is 5.91 Å². The summed E-state index contributed by atoms with van der Waals surface area (Å²) in [7, 11) is 3.96. The maximum Gasteiger partial charge on any atom is 0.257 e. The Balaban J connectivity index is 1.88. The number of benzene rings is 2. The Morgan fingerprint density at radius 1 is 1.15 bits per heavy atom. The molecule has 1 N–H and O–H groups in total. The molecule has 0 aliphatic carbocycles. The van der Waals surface area contributed by atoms with Gasteiger partial charge in [-0.3, -0.25) is 9.59 Å². The molecule has 1 aliphatic heterocycles. The number of hydrogen-bond acceptors (Lipinski definition) is 4. The van der Waals surface area contributed by atoms with Crippen molar-refractivity contribution in [2.24, 2.45) is 5.92 Å². The van der Waals surface area contributed by atoms with Crippen molar-refractivity contribution in [3.05, 3.63) is 58.6 Å². The van der Waals surface area contributed by atoms with E-state index in [4.69, 9.17) is 16.3 Å². The molecular formula is C27H36ClN3O3. The van der Waals surface area contributed by atoms with Gasteiger partial charge in [0.15, 0.2) is 0 Å². The van der Waals surface area contributed by atoms with E-state index in [9.17, 15) is 9.59 Å². The molecule has 34 heavy (non-hydrogen) atoms. The summed E-state index contributed by atoms with van der Waals surface area (Å²) in [6.07, 6.45) is 3.70. The molecule has 1 aliphatic rings. The third-order valence-corrected chi connectivity index (χ3v) is 6.72. The summed E-state index contributed by atoms with van der Waals surface area (Å²) in [5.41, 5.74) is 3.06. The highest BCUT2D eigenvalue weighted by molar-refractivity contribution is 6.34. The van der Waals surface area contributed by atoms with E-state index in [1.54, 1.807) is 24.3 Å². The number of halogens is 1. The highest BCUT2D eigenvalue weighted by Crippen LogP contribution is 2.27. The summed E-state index contributed by atoms with van der Waals surface area (Å²) in [4.78, 5) is 30.2. The van der Waals surface area contributed by atoms with E-state index in [-0.39, 0.29) is 23.8 Å². The first-order valence-electron chi connectivity index (χ1n) is 12.1. The lowest BCUT2D eigenvalue weighted by molar-refractivity contribution is -0.138. The average Bonchev–Trinajstić information content (AvgIpc) is 3.32. The van der Waals surface area contributed by atoms with E-state index in [2.05, 4.69) is 19.2 Å². The van der Waals surface area contributed by atoms with Crippen LogP contribution in [0.25, 0.3) is 0 Å². The van der Waals surface area contributed by atoms with Gasteiger partial charge < -0.3 is 19.9 Å². The number of carbonyl (C=O) groups excluding carboxylic acids is 2. The van der Waals surface area contributed by atoms with Crippen LogP contribution in [0.4, 0.5) is 11.4 Å². The minimum absolute atomic E-state index is 0.00711. The van der Waals surface area contributed by atoms with Crippen molar-refractivity contribution in [2.75, 3.05) is 37.5 Å². The van der Waals surface area contributed by atoms with Crippen molar-refractivity contribution >= 4 is 34.8 Å². The van der Waals surface area contributed by atoms with E-state index < -0.39 is 0 Å². The summed E-state index contributed by atoms with van der Waals surface area (Å²) < 4.78 is 5.86. The number of nitrogens with zero attached hydrogens (tertiary/aromatic N) is 2. The Bertz CT molecular complexity index is 985. The van der Waals surface area contributed by atoms with Gasteiger partial charge in [0.1, 0.15) is 0 Å². The lowest BCUT2D eigenvalue weighted by Crippen LogP contribution is -2.40. The van der Waals surface area contributed by atoms with Gasteiger partial charge in [-0.05, 0) is 61.6 Å². The van der Waals surface area contributed by atoms with E-state index >= 15 is 0 Å². The van der Waals surface area contributed by atoms with Gasteiger partial charge in [-0.15, -0.1) is 0 Å². The Hall–Kier alpha value is -2.57. The summed E-state index contributed by atoms with van der Waals surface area (Å²) in [5.74, 6) is -0.110. The standard InChI is InChI=1S/C27H36ClN3O3/c1-5-19(6-2)27(33)31(18-22-10-9-15-34-22)17-20-16-21(13-14-25(20)30(3)4)29-26(32)23-11-7-8-12-24(23)28/h7-8,11-14,16,19,22H,5-6,9-10,15,17-18H2,1-4H3,(H,29,32)/t22-/m0/s1. The van der Waals surface area contributed by atoms with Crippen LogP contribution in [0.5, 0.6) is 0 Å². The third-order valence-electron chi connectivity index (χ3n) is 6.39. The Labute approximate surface area is 208 Å². The van der Waals surface area contributed by atoms with Crippen LogP contribution in [0, 0.1) is 5.92 Å². The highest BCUT2D eigenvalue weighted by atomic mass is 35.5. The molecule has 2 aromatic rings. The minimum atomic E-state index is -0.265. The monoisotopic (exact) mass is 485 g/mol. The number of anilines is 2. The largest absolute Gasteiger partial charge is 0.377 e. The van der Waals surface area contributed by atoms with Crippen molar-refractivity contribution in [2.45, 2.75) is 52.2 Å². The van der Waals surface area contributed by atoms with Crippen LogP contribution >= 0.6 is 11.6 Å². The van der Waals surface area contributed by atoms with E-state index in [0.717, 1.165) is 43.5 Å². The Kier molecular flexibility index (Phi) is 9.36. The predicted octanol–water partition coefficient (Wildman–Crippen LogP) is 5.60. The van der Waals surface area contributed by atoms with Crippen LogP contribution in [0.15, 0.2) is 42.5 Å². The quantitative estimate of drug-likeness (QED) is 0.475. The number of nitrogens with one attached hydrogen (secondary N) is 1. The van der Waals surface area contributed by atoms with Gasteiger partial charge in [-0.2, -0.15) is 0 Å². The normalized spacial score (nSPS) is 15.4. The molecule has 2 aromatic carbocycles. The van der Waals surface area contributed by atoms with Gasteiger partial charge in [0.05, 0.1) is 16.7 Å². The molecule has 0 spiro atoms. The molecule has 0 bridgehead atoms. The number of rotatable bonds is 10. The molecule has 7 heteroatoms. The van der Waals surface area contributed by atoms with Crippen LogP contribution < -0.4 is 10.2 Å². The fourth-order valence-corrected chi connectivity index (χ4v) is 4.66. The van der Waals surface area contributed by atoms with Crippen LogP contribution in [-0.4, -0.2) is 50.1 Å². The molecule has 1 saturated heterocycles. The fourth-order valence-electron chi connectivity index (χ4n) is 4.44. The molecule has 184 valence electrons. The number of carbonyl (C=O) groups is 2. The zero-order chi connectivity index (χ0) is 24.7. The second-order valence-electron chi connectivity index (χ2n) is 9.04. The molecule has 0 aromatic heterocycles. The first-order chi connectivity index (χ1) is 16.3. The van der Waals surface area contributed by atoms with Crippen molar-refractivity contribution in [3.8, 4) is 0 Å². The van der Waals surface area contributed by atoms with Gasteiger partial charge in [-0.25, -0.2) is 0 Å². The second-order valence-corrected chi connectivity index (χ2v) is 9.45. The maximum absolute atomic E-state index is 13.4. The van der Waals surface area contributed by atoms with Crippen molar-refractivity contribution in [1.29, 1.82) is 0 Å². The second kappa shape index (κ2) is 12.2. The Morgan fingerprint density at radius 2 is 1.88 bits per heavy atom. The van der Waals surface area contributed by atoms with E-state index in [1.807, 2.05) is 42.1 Å².